The number of benzene rings is 2. The first-order chi connectivity index (χ1) is 14.7. The molecular formula is C23H22N4O3. The molecule has 2 aromatic carbocycles. The smallest absolute Gasteiger partial charge is 0.250 e. The number of nitrogens with one attached hydrogen (secondary N) is 2. The van der Waals surface area contributed by atoms with E-state index in [1.54, 1.807) is 6.08 Å². The Morgan fingerprint density at radius 1 is 1.03 bits per heavy atom. The van der Waals surface area contributed by atoms with Crippen molar-refractivity contribution in [1.29, 1.82) is 0 Å². The van der Waals surface area contributed by atoms with Crippen molar-refractivity contribution in [2.24, 2.45) is 0 Å². The zero-order valence-electron chi connectivity index (χ0n) is 16.4. The molecule has 0 spiro atoms. The van der Waals surface area contributed by atoms with Crippen molar-refractivity contribution in [3.05, 3.63) is 66.1 Å². The van der Waals surface area contributed by atoms with E-state index in [-0.39, 0.29) is 12.5 Å². The van der Waals surface area contributed by atoms with Gasteiger partial charge in [-0.2, -0.15) is 0 Å². The number of anilines is 3. The number of hydrogen-bond acceptors (Lipinski definition) is 6. The first-order valence-electron chi connectivity index (χ1n) is 10.0. The van der Waals surface area contributed by atoms with Crippen LogP contribution in [0.15, 0.2) is 59.2 Å². The summed E-state index contributed by atoms with van der Waals surface area (Å²) in [5, 5.41) is 15.6. The Morgan fingerprint density at radius 3 is 2.67 bits per heavy atom. The van der Waals surface area contributed by atoms with Gasteiger partial charge in [0.05, 0.1) is 23.3 Å². The highest BCUT2D eigenvalue weighted by molar-refractivity contribution is 6.10. The molecule has 0 aliphatic carbocycles. The molecule has 2 aliphatic heterocycles. The summed E-state index contributed by atoms with van der Waals surface area (Å²) in [4.78, 5) is 19.1. The number of aromatic nitrogens is 1. The van der Waals surface area contributed by atoms with Crippen molar-refractivity contribution in [3.63, 3.8) is 0 Å². The third-order valence-electron chi connectivity index (χ3n) is 5.41. The van der Waals surface area contributed by atoms with Gasteiger partial charge in [-0.1, -0.05) is 12.1 Å². The van der Waals surface area contributed by atoms with Crippen molar-refractivity contribution in [2.75, 3.05) is 28.6 Å². The minimum absolute atomic E-state index is 0.182. The Morgan fingerprint density at radius 2 is 1.87 bits per heavy atom. The lowest BCUT2D eigenvalue weighted by atomic mass is 10.1. The van der Waals surface area contributed by atoms with Crippen molar-refractivity contribution >= 4 is 28.7 Å². The summed E-state index contributed by atoms with van der Waals surface area (Å²) in [7, 11) is 0. The van der Waals surface area contributed by atoms with E-state index in [9.17, 15) is 9.90 Å². The fourth-order valence-corrected chi connectivity index (χ4v) is 3.89. The van der Waals surface area contributed by atoms with E-state index in [1.807, 2.05) is 36.4 Å². The van der Waals surface area contributed by atoms with Crippen LogP contribution in [0.25, 0.3) is 17.2 Å². The summed E-state index contributed by atoms with van der Waals surface area (Å²) in [6, 6.07) is 13.7. The van der Waals surface area contributed by atoms with E-state index >= 15 is 0 Å². The molecule has 0 radical (unpaired) electrons. The van der Waals surface area contributed by atoms with Gasteiger partial charge in [0.1, 0.15) is 12.4 Å². The number of aliphatic hydroxyl groups is 1. The molecule has 3 N–H and O–H groups in total. The fourth-order valence-electron chi connectivity index (χ4n) is 3.89. The summed E-state index contributed by atoms with van der Waals surface area (Å²) in [6.45, 7) is 1.90. The minimum Gasteiger partial charge on any atom is -0.439 e. The summed E-state index contributed by atoms with van der Waals surface area (Å²) >= 11 is 0. The van der Waals surface area contributed by atoms with Crippen LogP contribution < -0.4 is 15.5 Å². The molecule has 0 saturated carbocycles. The summed E-state index contributed by atoms with van der Waals surface area (Å²) in [6.07, 6.45) is 5.47. The van der Waals surface area contributed by atoms with Gasteiger partial charge in [-0.3, -0.25) is 4.79 Å². The number of fused-ring (bicyclic) bond motifs is 1. The van der Waals surface area contributed by atoms with Crippen LogP contribution in [0.5, 0.6) is 0 Å². The van der Waals surface area contributed by atoms with Gasteiger partial charge in [0, 0.05) is 30.4 Å². The van der Waals surface area contributed by atoms with Gasteiger partial charge < -0.3 is 25.1 Å². The maximum atomic E-state index is 12.6. The van der Waals surface area contributed by atoms with E-state index in [1.165, 1.54) is 19.0 Å². The van der Waals surface area contributed by atoms with Crippen molar-refractivity contribution < 1.29 is 14.3 Å². The van der Waals surface area contributed by atoms with Gasteiger partial charge in [0.25, 0.3) is 5.91 Å². The third kappa shape index (κ3) is 3.55. The summed E-state index contributed by atoms with van der Waals surface area (Å²) < 4.78 is 5.54. The molecule has 3 aromatic rings. The average Bonchev–Trinajstić information content (AvgIpc) is 3.44. The lowest BCUT2D eigenvalue weighted by molar-refractivity contribution is -0.111. The number of rotatable bonds is 4. The van der Waals surface area contributed by atoms with Crippen molar-refractivity contribution in [2.45, 2.75) is 19.4 Å². The molecule has 3 heterocycles. The number of nitrogens with zero attached hydrogens (tertiary/aromatic N) is 2. The quantitative estimate of drug-likeness (QED) is 0.614. The highest BCUT2D eigenvalue weighted by Gasteiger charge is 2.19. The lowest BCUT2D eigenvalue weighted by Crippen LogP contribution is -2.18. The van der Waals surface area contributed by atoms with Gasteiger partial charge in [0.2, 0.25) is 5.89 Å². The van der Waals surface area contributed by atoms with Gasteiger partial charge in [-0.25, -0.2) is 4.98 Å². The Hall–Kier alpha value is -3.58. The third-order valence-corrected chi connectivity index (χ3v) is 5.41. The van der Waals surface area contributed by atoms with Gasteiger partial charge in [0.15, 0.2) is 0 Å². The monoisotopic (exact) mass is 402 g/mol. The molecule has 1 amide bonds. The van der Waals surface area contributed by atoms with Gasteiger partial charge >= 0.3 is 0 Å². The van der Waals surface area contributed by atoms with E-state index in [0.29, 0.717) is 17.3 Å². The Labute approximate surface area is 174 Å². The molecule has 0 bridgehead atoms. The van der Waals surface area contributed by atoms with Crippen LogP contribution in [-0.2, 0) is 11.4 Å². The van der Waals surface area contributed by atoms with Crippen LogP contribution in [0.3, 0.4) is 0 Å². The predicted octanol–water partition coefficient (Wildman–Crippen LogP) is 3.84. The van der Waals surface area contributed by atoms with E-state index in [2.05, 4.69) is 26.6 Å². The summed E-state index contributed by atoms with van der Waals surface area (Å²) in [5.74, 6) is 0.651. The molecule has 1 aromatic heterocycles. The molecule has 152 valence electrons. The normalized spacial score (nSPS) is 15.8. The standard InChI is InChI=1S/C23H22N4O3/c28-14-18-13-24-23(30-18)16-5-3-4-15(10-16)20-12-22(29)26-21-11-17(6-7-19(21)25-20)27-8-1-2-9-27/h3-7,10-13,25,28H,1-2,8-9,14H2,(H,26,29). The Bertz CT molecular complexity index is 1130. The number of aliphatic hydroxyl groups excluding tert-OH is 1. The van der Waals surface area contributed by atoms with Gasteiger partial charge in [-0.15, -0.1) is 0 Å². The number of carbonyl (C=O) groups excluding carboxylic acids is 1. The molecule has 7 heteroatoms. The van der Waals surface area contributed by atoms with Crippen molar-refractivity contribution in [3.8, 4) is 11.5 Å². The van der Waals surface area contributed by atoms with E-state index in [0.717, 1.165) is 41.3 Å². The maximum absolute atomic E-state index is 12.6. The molecule has 1 saturated heterocycles. The van der Waals surface area contributed by atoms with Crippen molar-refractivity contribution in [1.82, 2.24) is 4.98 Å². The number of hydrogen-bond donors (Lipinski definition) is 3. The maximum Gasteiger partial charge on any atom is 0.250 e. The second-order valence-corrected chi connectivity index (χ2v) is 7.47. The van der Waals surface area contributed by atoms with Crippen LogP contribution in [0.2, 0.25) is 0 Å². The van der Waals surface area contributed by atoms with E-state index in [4.69, 9.17) is 4.42 Å². The fraction of sp³-hybridized carbons (Fsp3) is 0.217. The lowest BCUT2D eigenvalue weighted by Gasteiger charge is -2.20. The average molecular weight is 402 g/mol. The Kier molecular flexibility index (Phi) is 4.72. The highest BCUT2D eigenvalue weighted by atomic mass is 16.4. The Balaban J connectivity index is 1.45. The SMILES string of the molecule is O=C1C=C(c2cccc(-c3ncc(CO)o3)c2)Nc2ccc(N3CCCC3)cc2N1. The van der Waals surface area contributed by atoms with Gasteiger partial charge in [-0.05, 0) is 48.7 Å². The van der Waals surface area contributed by atoms with Crippen LogP contribution in [0, 0.1) is 0 Å². The molecule has 0 unspecified atom stereocenters. The molecule has 2 aliphatic rings. The predicted molar refractivity (Wildman–Crippen MR) is 116 cm³/mol. The molecule has 5 rings (SSSR count). The minimum atomic E-state index is -0.199. The first-order valence-corrected chi connectivity index (χ1v) is 10.0. The van der Waals surface area contributed by atoms with Crippen LogP contribution in [0.1, 0.15) is 24.2 Å². The first kappa shape index (κ1) is 18.4. The number of oxazole rings is 1. The largest absolute Gasteiger partial charge is 0.439 e. The second-order valence-electron chi connectivity index (χ2n) is 7.47. The molecular weight excluding hydrogens is 380 g/mol. The molecule has 1 fully saturated rings. The second kappa shape index (κ2) is 7.68. The molecule has 30 heavy (non-hydrogen) atoms. The molecule has 7 nitrogen and oxygen atoms in total. The zero-order valence-corrected chi connectivity index (χ0v) is 16.4. The highest BCUT2D eigenvalue weighted by Crippen LogP contribution is 2.34. The number of carbonyl (C=O) groups is 1. The number of amides is 1. The zero-order chi connectivity index (χ0) is 20.5. The summed E-state index contributed by atoms with van der Waals surface area (Å²) in [5.41, 5.74) is 5.04. The topological polar surface area (TPSA) is 90.6 Å². The van der Waals surface area contributed by atoms with Crippen LogP contribution in [-0.4, -0.2) is 29.1 Å². The van der Waals surface area contributed by atoms with E-state index < -0.39 is 0 Å². The van der Waals surface area contributed by atoms with Crippen LogP contribution in [0.4, 0.5) is 17.1 Å². The van der Waals surface area contributed by atoms with Crippen LogP contribution >= 0.6 is 0 Å². The molecule has 0 atom stereocenters.